The molecule has 1 fully saturated rings. The van der Waals surface area contributed by atoms with E-state index in [9.17, 15) is 9.59 Å². The summed E-state index contributed by atoms with van der Waals surface area (Å²) in [5.41, 5.74) is 0. The van der Waals surface area contributed by atoms with Gasteiger partial charge in [-0.1, -0.05) is 127 Å². The van der Waals surface area contributed by atoms with Gasteiger partial charge in [0, 0.05) is 37.8 Å². The topological polar surface area (TPSA) is 64.6 Å². The van der Waals surface area contributed by atoms with E-state index in [-0.39, 0.29) is 23.8 Å². The van der Waals surface area contributed by atoms with Crippen LogP contribution in [0.4, 0.5) is 0 Å². The Bertz CT molecular complexity index is 778. The Morgan fingerprint density at radius 2 is 0.830 bits per heavy atom. The van der Waals surface area contributed by atoms with Crippen molar-refractivity contribution in [3.8, 4) is 0 Å². The number of unbranched alkanes of at least 4 members (excludes halogenated alkanes) is 16. The number of nitrogens with one attached hydrogen (secondary N) is 1. The van der Waals surface area contributed by atoms with Crippen molar-refractivity contribution in [3.63, 3.8) is 0 Å². The molecule has 0 aliphatic carbocycles. The molecule has 5 nitrogen and oxygen atoms in total. The fraction of sp³-hybridized carbons (Fsp3) is 0.762. The monoisotopic (exact) mass is 656 g/mol. The average Bonchev–Trinajstić information content (AvgIpc) is 3.53. The Morgan fingerprint density at radius 1 is 0.489 bits per heavy atom. The maximum Gasteiger partial charge on any atom is 0.305 e. The fourth-order valence-corrected chi connectivity index (χ4v) is 5.88. The van der Waals surface area contributed by atoms with Gasteiger partial charge in [0.25, 0.3) is 0 Å². The van der Waals surface area contributed by atoms with Gasteiger partial charge in [-0.15, -0.1) is 0 Å². The van der Waals surface area contributed by atoms with Crippen LogP contribution >= 0.6 is 0 Å². The number of ether oxygens (including phenoxy) is 2. The molecule has 0 spiro atoms. The molecule has 47 heavy (non-hydrogen) atoms. The molecule has 270 valence electrons. The summed E-state index contributed by atoms with van der Waals surface area (Å²) < 4.78 is 11.2. The van der Waals surface area contributed by atoms with E-state index in [1.54, 1.807) is 0 Å². The first kappa shape index (κ1) is 42.9. The first-order valence-electron chi connectivity index (χ1n) is 19.8. The molecule has 1 heterocycles. The standard InChI is InChI=1S/C42H73NO4/c1-3-5-7-9-11-13-15-17-19-21-23-25-27-29-31-33-41(44)46-37-39-35-43-36-40(39)38-47-42(45)34-32-30-28-26-24-22-20-18-16-14-12-10-8-6-4-2/h11-14,17-20,39-40,43H,3-10,15-16,21-38H2,1-2H3/t39-,40-/m0/s1. The van der Waals surface area contributed by atoms with E-state index in [1.807, 2.05) is 0 Å². The molecule has 0 radical (unpaired) electrons. The van der Waals surface area contributed by atoms with Crippen molar-refractivity contribution in [2.75, 3.05) is 26.3 Å². The lowest BCUT2D eigenvalue weighted by Gasteiger charge is -2.18. The van der Waals surface area contributed by atoms with Crippen molar-refractivity contribution in [2.24, 2.45) is 11.8 Å². The molecule has 0 unspecified atom stereocenters. The number of carbonyl (C=O) groups is 2. The predicted molar refractivity (Wildman–Crippen MR) is 200 cm³/mol. The number of rotatable bonds is 32. The summed E-state index contributed by atoms with van der Waals surface area (Å²) in [6.45, 7) is 6.94. The van der Waals surface area contributed by atoms with Crippen molar-refractivity contribution in [1.82, 2.24) is 5.32 Å². The molecule has 1 aliphatic rings. The van der Waals surface area contributed by atoms with Crippen LogP contribution in [-0.2, 0) is 19.1 Å². The van der Waals surface area contributed by atoms with E-state index < -0.39 is 0 Å². The van der Waals surface area contributed by atoms with E-state index in [0.717, 1.165) is 64.5 Å². The lowest BCUT2D eigenvalue weighted by atomic mass is 9.98. The smallest absolute Gasteiger partial charge is 0.305 e. The van der Waals surface area contributed by atoms with Crippen LogP contribution in [0.3, 0.4) is 0 Å². The molecule has 1 aliphatic heterocycles. The molecule has 2 atom stereocenters. The van der Waals surface area contributed by atoms with Crippen molar-refractivity contribution in [3.05, 3.63) is 48.6 Å². The second-order valence-electron chi connectivity index (χ2n) is 13.5. The molecule has 1 N–H and O–H groups in total. The molecule has 1 rings (SSSR count). The third kappa shape index (κ3) is 28.6. The molecule has 0 amide bonds. The zero-order valence-corrected chi connectivity index (χ0v) is 30.7. The minimum absolute atomic E-state index is 0.0975. The van der Waals surface area contributed by atoms with Crippen molar-refractivity contribution < 1.29 is 19.1 Å². The van der Waals surface area contributed by atoms with Gasteiger partial charge >= 0.3 is 11.9 Å². The second kappa shape index (κ2) is 33.7. The van der Waals surface area contributed by atoms with Gasteiger partial charge in [-0.25, -0.2) is 0 Å². The minimum Gasteiger partial charge on any atom is -0.465 e. The molecule has 0 aromatic heterocycles. The van der Waals surface area contributed by atoms with Crippen LogP contribution in [0.5, 0.6) is 0 Å². The van der Waals surface area contributed by atoms with Crippen molar-refractivity contribution >= 4 is 11.9 Å². The molecular weight excluding hydrogens is 582 g/mol. The summed E-state index contributed by atoms with van der Waals surface area (Å²) in [6, 6.07) is 0. The second-order valence-corrected chi connectivity index (χ2v) is 13.5. The highest BCUT2D eigenvalue weighted by molar-refractivity contribution is 5.69. The van der Waals surface area contributed by atoms with Crippen molar-refractivity contribution in [2.45, 2.75) is 168 Å². The first-order valence-corrected chi connectivity index (χ1v) is 19.8. The summed E-state index contributed by atoms with van der Waals surface area (Å²) in [7, 11) is 0. The van der Waals surface area contributed by atoms with Crippen LogP contribution in [0.2, 0.25) is 0 Å². The van der Waals surface area contributed by atoms with Gasteiger partial charge < -0.3 is 14.8 Å². The minimum atomic E-state index is -0.0975. The van der Waals surface area contributed by atoms with E-state index >= 15 is 0 Å². The highest BCUT2D eigenvalue weighted by Gasteiger charge is 2.29. The zero-order valence-electron chi connectivity index (χ0n) is 30.7. The number of carbonyl (C=O) groups excluding carboxylic acids is 2. The van der Waals surface area contributed by atoms with Gasteiger partial charge in [-0.3, -0.25) is 9.59 Å². The summed E-state index contributed by atoms with van der Waals surface area (Å²) in [5.74, 6) is 0.235. The Kier molecular flexibility index (Phi) is 30.8. The summed E-state index contributed by atoms with van der Waals surface area (Å²) in [6.07, 6.45) is 45.2. The van der Waals surface area contributed by atoms with Gasteiger partial charge in [0.15, 0.2) is 0 Å². The van der Waals surface area contributed by atoms with E-state index in [2.05, 4.69) is 67.8 Å². The van der Waals surface area contributed by atoms with Gasteiger partial charge in [0.2, 0.25) is 0 Å². The number of esters is 2. The highest BCUT2D eigenvalue weighted by Crippen LogP contribution is 2.19. The molecule has 0 aromatic carbocycles. The number of allylic oxidation sites excluding steroid dienone is 8. The quantitative estimate of drug-likeness (QED) is 0.0444. The fourth-order valence-electron chi connectivity index (χ4n) is 5.88. The third-order valence-corrected chi connectivity index (χ3v) is 9.06. The van der Waals surface area contributed by atoms with Gasteiger partial charge in [0.1, 0.15) is 0 Å². The Hall–Kier alpha value is -2.14. The zero-order chi connectivity index (χ0) is 33.9. The molecule has 0 aromatic rings. The normalized spacial score (nSPS) is 16.8. The third-order valence-electron chi connectivity index (χ3n) is 9.06. The average molecular weight is 656 g/mol. The van der Waals surface area contributed by atoms with Crippen LogP contribution < -0.4 is 5.32 Å². The maximum atomic E-state index is 12.3. The Balaban J connectivity index is 1.95. The van der Waals surface area contributed by atoms with Crippen LogP contribution in [0.15, 0.2) is 48.6 Å². The Morgan fingerprint density at radius 3 is 1.21 bits per heavy atom. The predicted octanol–water partition coefficient (Wildman–Crippen LogP) is 11.5. The van der Waals surface area contributed by atoms with Gasteiger partial charge in [0.05, 0.1) is 13.2 Å². The van der Waals surface area contributed by atoms with E-state index in [4.69, 9.17) is 9.47 Å². The van der Waals surface area contributed by atoms with Crippen LogP contribution in [0, 0.1) is 11.8 Å². The lowest BCUT2D eigenvalue weighted by molar-refractivity contribution is -0.149. The van der Waals surface area contributed by atoms with Crippen molar-refractivity contribution in [1.29, 1.82) is 0 Å². The summed E-state index contributed by atoms with van der Waals surface area (Å²) in [5, 5.41) is 3.37. The molecular formula is C42H73NO4. The van der Waals surface area contributed by atoms with E-state index in [1.165, 1.54) is 89.9 Å². The maximum absolute atomic E-state index is 12.3. The van der Waals surface area contributed by atoms with Crippen LogP contribution in [0.25, 0.3) is 0 Å². The Labute approximate surface area is 290 Å². The van der Waals surface area contributed by atoms with Gasteiger partial charge in [-0.2, -0.15) is 0 Å². The first-order chi connectivity index (χ1) is 23.2. The van der Waals surface area contributed by atoms with E-state index in [0.29, 0.717) is 26.1 Å². The summed E-state index contributed by atoms with van der Waals surface area (Å²) in [4.78, 5) is 24.6. The molecule has 1 saturated heterocycles. The van der Waals surface area contributed by atoms with Crippen LogP contribution in [0.1, 0.15) is 168 Å². The molecule has 5 heteroatoms. The summed E-state index contributed by atoms with van der Waals surface area (Å²) >= 11 is 0. The lowest BCUT2D eigenvalue weighted by Crippen LogP contribution is -2.25. The largest absolute Gasteiger partial charge is 0.465 e. The highest BCUT2D eigenvalue weighted by atomic mass is 16.5. The number of hydrogen-bond donors (Lipinski definition) is 1. The number of hydrogen-bond acceptors (Lipinski definition) is 5. The molecule has 0 saturated carbocycles. The SMILES string of the molecule is CCCCCC=CCC=CCCCCCCCC(=O)OC[C@@H]1CNC[C@H]1COC(=O)CCCCCCCC=CCC=CCCCCC. The van der Waals surface area contributed by atoms with Gasteiger partial charge in [-0.05, 0) is 77.0 Å². The molecule has 0 bridgehead atoms. The van der Waals surface area contributed by atoms with Crippen LogP contribution in [-0.4, -0.2) is 38.2 Å².